The van der Waals surface area contributed by atoms with Crippen LogP contribution in [0.4, 0.5) is 11.4 Å². The molecule has 0 saturated heterocycles. The quantitative estimate of drug-likeness (QED) is 0.167. The van der Waals surface area contributed by atoms with E-state index in [0.717, 1.165) is 32.3 Å². The number of hydrogen-bond donors (Lipinski definition) is 3. The van der Waals surface area contributed by atoms with Gasteiger partial charge in [-0.2, -0.15) is 13.5 Å². The molecule has 1 atom stereocenters. The fraction of sp³-hybridized carbons (Fsp3) is 0.185. The van der Waals surface area contributed by atoms with Gasteiger partial charge in [-0.3, -0.25) is 0 Å². The lowest BCUT2D eigenvalue weighted by molar-refractivity contribution is -0.0245. The third kappa shape index (κ3) is 8.81. The average Bonchev–Trinajstić information content (AvgIpc) is 3.62. The first-order chi connectivity index (χ1) is 17.6. The van der Waals surface area contributed by atoms with Crippen LogP contribution in [0.5, 0.6) is 0 Å². The molecule has 6 N–H and O–H groups in total. The minimum Gasteiger partial charge on any atom is -0.383 e. The van der Waals surface area contributed by atoms with E-state index >= 15 is 0 Å². The molecule has 0 spiro atoms. The zero-order chi connectivity index (χ0) is 25.2. The molecule has 4 rings (SSSR count). The fourth-order valence-corrected chi connectivity index (χ4v) is 4.63. The lowest BCUT2D eigenvalue weighted by atomic mass is 10.2. The number of nitrogens with two attached hydrogens (primary N) is 3. The van der Waals surface area contributed by atoms with Crippen molar-refractivity contribution < 1.29 is 9.47 Å². The van der Waals surface area contributed by atoms with E-state index in [1.165, 1.54) is 0 Å². The molecule has 0 aliphatic carbocycles. The Morgan fingerprint density at radius 1 is 0.757 bits per heavy atom. The second kappa shape index (κ2) is 14.7. The van der Waals surface area contributed by atoms with Crippen LogP contribution >= 0.6 is 36.2 Å². The van der Waals surface area contributed by atoms with Gasteiger partial charge in [0.25, 0.3) is 0 Å². The largest absolute Gasteiger partial charge is 0.383 e. The number of aliphatic imine (C=N–C) groups is 2. The van der Waals surface area contributed by atoms with Crippen molar-refractivity contribution in [3.05, 3.63) is 104 Å². The zero-order valence-electron chi connectivity index (χ0n) is 20.2. The molecule has 0 amide bonds. The van der Waals surface area contributed by atoms with E-state index in [1.54, 1.807) is 22.7 Å². The average molecular weight is 554 g/mol. The number of rotatable bonds is 12. The molecule has 37 heavy (non-hydrogen) atoms. The van der Waals surface area contributed by atoms with Crippen molar-refractivity contribution in [3.8, 4) is 0 Å². The van der Waals surface area contributed by atoms with Gasteiger partial charge >= 0.3 is 0 Å². The third-order valence-corrected chi connectivity index (χ3v) is 6.97. The van der Waals surface area contributed by atoms with Crippen LogP contribution in [0, 0.1) is 0 Å². The molecule has 2 heterocycles. The molecule has 0 aliphatic heterocycles. The van der Waals surface area contributed by atoms with E-state index in [-0.39, 0.29) is 19.6 Å². The van der Waals surface area contributed by atoms with E-state index in [4.69, 9.17) is 26.7 Å². The molecule has 2 aromatic carbocycles. The predicted molar refractivity (Wildman–Crippen MR) is 160 cm³/mol. The maximum Gasteiger partial charge on any atom is 0.141 e. The normalized spacial score (nSPS) is 12.8. The smallest absolute Gasteiger partial charge is 0.141 e. The lowest BCUT2D eigenvalue weighted by Crippen LogP contribution is -2.28. The van der Waals surface area contributed by atoms with Crippen molar-refractivity contribution in [2.75, 3.05) is 13.2 Å². The Bertz CT molecular complexity index is 1290. The van der Waals surface area contributed by atoms with Crippen LogP contribution in [-0.4, -0.2) is 30.9 Å². The van der Waals surface area contributed by atoms with Crippen LogP contribution in [0.25, 0.3) is 0 Å². The first-order valence-corrected chi connectivity index (χ1v) is 13.2. The van der Waals surface area contributed by atoms with Crippen LogP contribution < -0.4 is 17.2 Å². The second-order valence-corrected chi connectivity index (χ2v) is 9.87. The number of benzene rings is 2. The summed E-state index contributed by atoms with van der Waals surface area (Å²) < 4.78 is 11.9. The Balaban J connectivity index is 0.00000380. The number of amidine groups is 2. The highest BCUT2D eigenvalue weighted by Crippen LogP contribution is 2.19. The Morgan fingerprint density at radius 3 is 1.78 bits per heavy atom. The summed E-state index contributed by atoms with van der Waals surface area (Å²) in [4.78, 5) is 10.9. The number of nitrogens with zero attached hydrogens (tertiary/aromatic N) is 2. The molecule has 194 valence electrons. The summed E-state index contributed by atoms with van der Waals surface area (Å²) >= 11 is 3.12. The highest BCUT2D eigenvalue weighted by Gasteiger charge is 2.09. The van der Waals surface area contributed by atoms with Crippen LogP contribution in [-0.2, 0) is 22.7 Å². The molecule has 7 nitrogen and oxygen atoms in total. The topological polar surface area (TPSA) is 121 Å². The predicted octanol–water partition coefficient (Wildman–Crippen LogP) is 5.06. The van der Waals surface area contributed by atoms with Gasteiger partial charge in [-0.25, -0.2) is 9.98 Å². The second-order valence-electron chi connectivity index (χ2n) is 7.97. The first kappa shape index (κ1) is 28.6. The van der Waals surface area contributed by atoms with Crippen LogP contribution in [0.3, 0.4) is 0 Å². The van der Waals surface area contributed by atoms with Gasteiger partial charge in [0.15, 0.2) is 0 Å². The van der Waals surface area contributed by atoms with Gasteiger partial charge in [0, 0.05) is 6.54 Å². The van der Waals surface area contributed by atoms with Crippen LogP contribution in [0.2, 0.25) is 0 Å². The summed E-state index contributed by atoms with van der Waals surface area (Å²) in [7, 11) is 0. The van der Waals surface area contributed by atoms with E-state index in [0.29, 0.717) is 38.0 Å². The van der Waals surface area contributed by atoms with Crippen molar-refractivity contribution >= 4 is 59.2 Å². The lowest BCUT2D eigenvalue weighted by Gasteiger charge is -2.16. The van der Waals surface area contributed by atoms with Gasteiger partial charge in [0.2, 0.25) is 0 Å². The molecule has 2 aromatic heterocycles. The van der Waals surface area contributed by atoms with Crippen molar-refractivity contribution in [1.82, 2.24) is 0 Å². The van der Waals surface area contributed by atoms with Crippen LogP contribution in [0.15, 0.2) is 93.5 Å². The molecular formula is C27H31N5O2S3. The molecule has 10 heteroatoms. The molecule has 0 unspecified atom stereocenters. The highest BCUT2D eigenvalue weighted by atomic mass is 32.1. The molecule has 0 fully saturated rings. The summed E-state index contributed by atoms with van der Waals surface area (Å²) in [5.41, 5.74) is 21.7. The van der Waals surface area contributed by atoms with Gasteiger partial charge in [-0.15, -0.1) is 22.7 Å². The fourth-order valence-electron chi connectivity index (χ4n) is 3.38. The summed E-state index contributed by atoms with van der Waals surface area (Å²) in [6.07, 6.45) is -0.232. The number of hydrogen-bond acceptors (Lipinski definition) is 7. The zero-order valence-corrected chi connectivity index (χ0v) is 22.9. The monoisotopic (exact) mass is 553 g/mol. The maximum absolute atomic E-state index is 6.11. The Morgan fingerprint density at radius 2 is 1.30 bits per heavy atom. The van der Waals surface area contributed by atoms with Crippen molar-refractivity contribution in [2.45, 2.75) is 19.3 Å². The molecular weight excluding hydrogens is 523 g/mol. The number of ether oxygens (including phenoxy) is 2. The van der Waals surface area contributed by atoms with E-state index in [1.807, 2.05) is 83.6 Å². The Labute approximate surface area is 232 Å². The SMILES string of the molecule is NC[C@@H](COCc1cccc(N=C(N)c2cccs2)c1)OCc1cccc(N=C(N)c2cccs2)c1.S. The summed E-state index contributed by atoms with van der Waals surface area (Å²) in [6, 6.07) is 23.4. The minimum atomic E-state index is -0.232. The molecule has 0 saturated carbocycles. The van der Waals surface area contributed by atoms with Crippen LogP contribution in [0.1, 0.15) is 20.9 Å². The van der Waals surface area contributed by atoms with Gasteiger partial charge in [0.1, 0.15) is 11.7 Å². The van der Waals surface area contributed by atoms with Gasteiger partial charge in [0.05, 0.1) is 47.1 Å². The van der Waals surface area contributed by atoms with E-state index in [2.05, 4.69) is 9.98 Å². The molecule has 4 aromatic rings. The van der Waals surface area contributed by atoms with Crippen molar-refractivity contribution in [3.63, 3.8) is 0 Å². The van der Waals surface area contributed by atoms with Gasteiger partial charge < -0.3 is 26.7 Å². The van der Waals surface area contributed by atoms with Crippen molar-refractivity contribution in [1.29, 1.82) is 0 Å². The minimum absolute atomic E-state index is 0. The molecule has 0 aliphatic rings. The van der Waals surface area contributed by atoms with Crippen molar-refractivity contribution in [2.24, 2.45) is 27.2 Å². The first-order valence-electron chi connectivity index (χ1n) is 11.4. The van der Waals surface area contributed by atoms with Gasteiger partial charge in [-0.1, -0.05) is 36.4 Å². The summed E-state index contributed by atoms with van der Waals surface area (Å²) in [5, 5.41) is 3.95. The number of thiophene rings is 2. The van der Waals surface area contributed by atoms with E-state index in [9.17, 15) is 0 Å². The Kier molecular flexibility index (Phi) is 11.3. The highest BCUT2D eigenvalue weighted by molar-refractivity contribution is 7.59. The third-order valence-electron chi connectivity index (χ3n) is 5.19. The van der Waals surface area contributed by atoms with E-state index < -0.39 is 0 Å². The standard InChI is InChI=1S/C27H29N5O2S2.H2S/c28-15-23(34-17-20-6-2-8-22(14-20)32-27(30)25-10-4-12-36-25)18-33-16-19-5-1-7-21(13-19)31-26(29)24-9-3-11-35-24;/h1-14,23H,15-18,28H2,(H2,29,31)(H2,30,32);1H2/t23-;/m0./s1. The summed E-state index contributed by atoms with van der Waals surface area (Å²) in [6.45, 7) is 1.56. The van der Waals surface area contributed by atoms with Gasteiger partial charge in [-0.05, 0) is 58.3 Å². The molecule has 0 radical (unpaired) electrons. The Hall–Kier alpha value is -2.99. The maximum atomic E-state index is 6.11. The summed E-state index contributed by atoms with van der Waals surface area (Å²) in [5.74, 6) is 1.00. The molecule has 0 bridgehead atoms.